The van der Waals surface area contributed by atoms with Gasteiger partial charge in [0.05, 0.1) is 34.0 Å². The first kappa shape index (κ1) is 18.2. The lowest BCUT2D eigenvalue weighted by atomic mass is 10.0. The van der Waals surface area contributed by atoms with E-state index in [4.69, 9.17) is 23.4 Å². The molecule has 0 aliphatic heterocycles. The third kappa shape index (κ3) is 2.84. The van der Waals surface area contributed by atoms with Crippen LogP contribution >= 0.6 is 0 Å². The van der Waals surface area contributed by atoms with Crippen LogP contribution in [0.5, 0.6) is 34.5 Å². The molecule has 0 radical (unpaired) electrons. The van der Waals surface area contributed by atoms with Gasteiger partial charge in [0.25, 0.3) is 0 Å². The zero-order valence-electron chi connectivity index (χ0n) is 15.2. The molecule has 3 aromatic rings. The van der Waals surface area contributed by atoms with Crippen molar-refractivity contribution in [3.05, 3.63) is 34.7 Å². The Morgan fingerprint density at radius 2 is 1.44 bits per heavy atom. The highest BCUT2D eigenvalue weighted by Gasteiger charge is 2.21. The van der Waals surface area contributed by atoms with Gasteiger partial charge in [-0.1, -0.05) is 0 Å². The van der Waals surface area contributed by atoms with E-state index in [-0.39, 0.29) is 22.3 Å². The van der Waals surface area contributed by atoms with Crippen LogP contribution in [0.2, 0.25) is 0 Å². The minimum absolute atomic E-state index is 0.000878. The summed E-state index contributed by atoms with van der Waals surface area (Å²) in [7, 11) is 5.69. The molecule has 3 rings (SSSR count). The number of benzene rings is 2. The van der Waals surface area contributed by atoms with Crippen molar-refractivity contribution < 1.29 is 33.6 Å². The fraction of sp³-hybridized carbons (Fsp3) is 0.211. The molecule has 0 unspecified atom stereocenters. The maximum Gasteiger partial charge on any atom is 0.204 e. The van der Waals surface area contributed by atoms with Gasteiger partial charge in [0.15, 0.2) is 23.0 Å². The number of rotatable bonds is 5. The number of hydrogen-bond acceptors (Lipinski definition) is 8. The number of hydrogen-bond donors (Lipinski definition) is 2. The van der Waals surface area contributed by atoms with Crippen molar-refractivity contribution in [2.24, 2.45) is 0 Å². The average molecular weight is 374 g/mol. The lowest BCUT2D eigenvalue weighted by Gasteiger charge is -2.14. The van der Waals surface area contributed by atoms with Gasteiger partial charge >= 0.3 is 0 Å². The number of phenols is 2. The molecule has 8 heteroatoms. The van der Waals surface area contributed by atoms with Gasteiger partial charge in [0.2, 0.25) is 16.9 Å². The Labute approximate surface area is 154 Å². The van der Waals surface area contributed by atoms with Crippen LogP contribution in [-0.2, 0) is 0 Å². The van der Waals surface area contributed by atoms with Crippen LogP contribution in [0.25, 0.3) is 22.1 Å². The zero-order valence-corrected chi connectivity index (χ0v) is 15.2. The van der Waals surface area contributed by atoms with Crippen LogP contribution < -0.4 is 24.4 Å². The normalized spacial score (nSPS) is 10.7. The summed E-state index contributed by atoms with van der Waals surface area (Å²) in [6, 6.07) is 4.35. The molecule has 0 fully saturated rings. The van der Waals surface area contributed by atoms with E-state index in [0.29, 0.717) is 22.8 Å². The van der Waals surface area contributed by atoms with Crippen LogP contribution in [0.4, 0.5) is 0 Å². The lowest BCUT2D eigenvalue weighted by Crippen LogP contribution is -2.07. The number of fused-ring (bicyclic) bond motifs is 1. The first-order chi connectivity index (χ1) is 13.0. The van der Waals surface area contributed by atoms with Gasteiger partial charge < -0.3 is 33.6 Å². The minimum Gasteiger partial charge on any atom is -0.504 e. The number of phenolic OH excluding ortho intramolecular Hbond substituents is 2. The van der Waals surface area contributed by atoms with Crippen LogP contribution in [0, 0.1) is 0 Å². The van der Waals surface area contributed by atoms with Gasteiger partial charge in [-0.15, -0.1) is 0 Å². The third-order valence-corrected chi connectivity index (χ3v) is 4.15. The van der Waals surface area contributed by atoms with Crippen molar-refractivity contribution in [3.63, 3.8) is 0 Å². The Bertz CT molecular complexity index is 1040. The molecule has 8 nitrogen and oxygen atoms in total. The molecule has 1 heterocycles. The molecule has 0 saturated heterocycles. The van der Waals surface area contributed by atoms with E-state index in [9.17, 15) is 15.0 Å². The van der Waals surface area contributed by atoms with Crippen molar-refractivity contribution in [3.8, 4) is 45.6 Å². The lowest BCUT2D eigenvalue weighted by molar-refractivity contribution is 0.324. The van der Waals surface area contributed by atoms with Crippen molar-refractivity contribution >= 4 is 11.0 Å². The van der Waals surface area contributed by atoms with Gasteiger partial charge in [0, 0.05) is 6.07 Å². The summed E-state index contributed by atoms with van der Waals surface area (Å²) in [6.45, 7) is 0. The Morgan fingerprint density at radius 3 is 1.96 bits per heavy atom. The summed E-state index contributed by atoms with van der Waals surface area (Å²) >= 11 is 0. The number of aromatic hydroxyl groups is 2. The molecule has 0 amide bonds. The summed E-state index contributed by atoms with van der Waals surface area (Å²) in [5.74, 6) is -0.0526. The monoisotopic (exact) mass is 374 g/mol. The van der Waals surface area contributed by atoms with E-state index in [1.165, 1.54) is 34.7 Å². The van der Waals surface area contributed by atoms with Crippen molar-refractivity contribution in [1.29, 1.82) is 0 Å². The largest absolute Gasteiger partial charge is 0.504 e. The predicted molar refractivity (Wildman–Crippen MR) is 97.5 cm³/mol. The standard InChI is InChI=1S/C19H18O8/c1-23-13-5-9(6-14(24-2)18(13)25-3)10-8-27-12-7-11(20)17(22)19(26-4)15(12)16(10)21/h5-8,20,22H,1-4H3. The number of ether oxygens (including phenoxy) is 4. The predicted octanol–water partition coefficient (Wildman–Crippen LogP) is 2.91. The topological polar surface area (TPSA) is 108 Å². The van der Waals surface area contributed by atoms with E-state index in [1.807, 2.05) is 0 Å². The molecule has 0 bridgehead atoms. The first-order valence-electron chi connectivity index (χ1n) is 7.81. The molecule has 0 aliphatic carbocycles. The zero-order chi connectivity index (χ0) is 19.7. The molecule has 0 saturated carbocycles. The van der Waals surface area contributed by atoms with E-state index in [2.05, 4.69) is 0 Å². The van der Waals surface area contributed by atoms with Gasteiger partial charge in [-0.05, 0) is 17.7 Å². The molecule has 0 spiro atoms. The summed E-state index contributed by atoms with van der Waals surface area (Å²) < 4.78 is 26.5. The SMILES string of the molecule is COc1cc(-c2coc3cc(O)c(O)c(OC)c3c2=O)cc(OC)c1OC. The molecular weight excluding hydrogens is 356 g/mol. The van der Waals surface area contributed by atoms with E-state index >= 15 is 0 Å². The molecule has 1 aromatic heterocycles. The Balaban J connectivity index is 2.35. The number of methoxy groups -OCH3 is 4. The van der Waals surface area contributed by atoms with E-state index in [1.54, 1.807) is 12.1 Å². The fourth-order valence-electron chi connectivity index (χ4n) is 2.86. The molecular formula is C19H18O8. The maximum atomic E-state index is 13.1. The van der Waals surface area contributed by atoms with Crippen molar-refractivity contribution in [1.82, 2.24) is 0 Å². The van der Waals surface area contributed by atoms with Crippen molar-refractivity contribution in [2.45, 2.75) is 0 Å². The summed E-state index contributed by atoms with van der Waals surface area (Å²) in [6.07, 6.45) is 1.25. The van der Waals surface area contributed by atoms with Crippen LogP contribution in [-0.4, -0.2) is 38.7 Å². The smallest absolute Gasteiger partial charge is 0.204 e. The Hall–Kier alpha value is -3.55. The molecule has 27 heavy (non-hydrogen) atoms. The van der Waals surface area contributed by atoms with Gasteiger partial charge in [0.1, 0.15) is 17.2 Å². The quantitative estimate of drug-likeness (QED) is 0.657. The third-order valence-electron chi connectivity index (χ3n) is 4.15. The van der Waals surface area contributed by atoms with Crippen LogP contribution in [0.1, 0.15) is 0 Å². The van der Waals surface area contributed by atoms with E-state index in [0.717, 1.165) is 6.07 Å². The summed E-state index contributed by atoms with van der Waals surface area (Å²) in [5, 5.41) is 19.8. The van der Waals surface area contributed by atoms with Gasteiger partial charge in [-0.25, -0.2) is 0 Å². The molecule has 142 valence electrons. The minimum atomic E-state index is -0.542. The fourth-order valence-corrected chi connectivity index (χ4v) is 2.86. The molecule has 2 N–H and O–H groups in total. The van der Waals surface area contributed by atoms with Crippen LogP contribution in [0.3, 0.4) is 0 Å². The van der Waals surface area contributed by atoms with Crippen molar-refractivity contribution in [2.75, 3.05) is 28.4 Å². The molecule has 0 aliphatic rings. The average Bonchev–Trinajstić information content (AvgIpc) is 2.68. The highest BCUT2D eigenvalue weighted by molar-refractivity contribution is 5.91. The second kappa shape index (κ2) is 6.99. The Morgan fingerprint density at radius 1 is 0.852 bits per heavy atom. The maximum absolute atomic E-state index is 13.1. The summed E-state index contributed by atoms with van der Waals surface area (Å²) in [4.78, 5) is 13.1. The molecule has 0 atom stereocenters. The second-order valence-corrected chi connectivity index (χ2v) is 5.54. The molecule has 2 aromatic carbocycles. The van der Waals surface area contributed by atoms with Gasteiger partial charge in [-0.2, -0.15) is 0 Å². The highest BCUT2D eigenvalue weighted by atomic mass is 16.5. The Kier molecular flexibility index (Phi) is 4.72. The van der Waals surface area contributed by atoms with Crippen LogP contribution in [0.15, 0.2) is 33.7 Å². The highest BCUT2D eigenvalue weighted by Crippen LogP contribution is 2.43. The first-order valence-corrected chi connectivity index (χ1v) is 7.81. The summed E-state index contributed by atoms with van der Waals surface area (Å²) in [5.41, 5.74) is 0.251. The van der Waals surface area contributed by atoms with E-state index < -0.39 is 16.9 Å². The van der Waals surface area contributed by atoms with Gasteiger partial charge in [-0.3, -0.25) is 4.79 Å². The second-order valence-electron chi connectivity index (χ2n) is 5.54.